The first-order chi connectivity index (χ1) is 10.2. The summed E-state index contributed by atoms with van der Waals surface area (Å²) in [5.41, 5.74) is 7.93. The van der Waals surface area contributed by atoms with Crippen molar-refractivity contribution >= 4 is 39.5 Å². The van der Waals surface area contributed by atoms with Crippen molar-refractivity contribution in [2.45, 2.75) is 0 Å². The number of para-hydroxylation sites is 1. The first-order valence-corrected chi connectivity index (χ1v) is 6.77. The Labute approximate surface area is 126 Å². The first-order valence-electron chi connectivity index (χ1n) is 6.36. The summed E-state index contributed by atoms with van der Waals surface area (Å²) in [6.07, 6.45) is 1.72. The molecule has 0 aliphatic heterocycles. The summed E-state index contributed by atoms with van der Waals surface area (Å²) < 4.78 is 13.9. The number of anilines is 2. The number of hydrogen-bond acceptors (Lipinski definition) is 3. The number of pyridine rings is 1. The topological polar surface area (TPSA) is 50.9 Å². The van der Waals surface area contributed by atoms with Gasteiger partial charge in [0.2, 0.25) is 0 Å². The number of rotatable bonds is 3. The van der Waals surface area contributed by atoms with Gasteiger partial charge in [0.15, 0.2) is 0 Å². The lowest BCUT2D eigenvalue weighted by atomic mass is 10.1. The summed E-state index contributed by atoms with van der Waals surface area (Å²) >= 11 is 4.93. The molecule has 0 saturated carbocycles. The van der Waals surface area contributed by atoms with Gasteiger partial charge in [-0.3, -0.25) is 4.98 Å². The van der Waals surface area contributed by atoms with Crippen LogP contribution >= 0.6 is 12.2 Å². The molecular formula is C16H12FN3S. The third-order valence-corrected chi connectivity index (χ3v) is 3.37. The number of fused-ring (bicyclic) bond motifs is 1. The summed E-state index contributed by atoms with van der Waals surface area (Å²) in [5, 5.41) is 4.16. The highest BCUT2D eigenvalue weighted by atomic mass is 32.1. The minimum absolute atomic E-state index is 0.0174. The number of nitrogens with zero attached hydrogens (tertiary/aromatic N) is 1. The maximum atomic E-state index is 13.9. The molecule has 0 bridgehead atoms. The van der Waals surface area contributed by atoms with Crippen molar-refractivity contribution in [3.63, 3.8) is 0 Å². The van der Waals surface area contributed by atoms with Crippen LogP contribution < -0.4 is 11.1 Å². The van der Waals surface area contributed by atoms with Crippen LogP contribution in [0.15, 0.2) is 54.7 Å². The average molecular weight is 297 g/mol. The van der Waals surface area contributed by atoms with E-state index < -0.39 is 5.82 Å². The molecule has 0 amide bonds. The maximum Gasteiger partial charge on any atom is 0.135 e. The second-order valence-electron chi connectivity index (χ2n) is 4.53. The standard InChI is InChI=1S/C16H12FN3S/c17-11-6-2-7-12(14(11)16(18)21)20-13-8-1-4-10-5-3-9-19-15(10)13/h1-9,20H,(H2,18,21). The van der Waals surface area contributed by atoms with Gasteiger partial charge >= 0.3 is 0 Å². The van der Waals surface area contributed by atoms with E-state index in [4.69, 9.17) is 18.0 Å². The Bertz CT molecular complexity index is 827. The third-order valence-electron chi connectivity index (χ3n) is 3.16. The molecule has 1 heterocycles. The predicted molar refractivity (Wildman–Crippen MR) is 87.3 cm³/mol. The highest BCUT2D eigenvalue weighted by molar-refractivity contribution is 7.80. The first kappa shape index (κ1) is 13.5. The molecule has 5 heteroatoms. The van der Waals surface area contributed by atoms with Gasteiger partial charge < -0.3 is 11.1 Å². The van der Waals surface area contributed by atoms with Gasteiger partial charge in [-0.05, 0) is 24.3 Å². The Balaban J connectivity index is 2.12. The molecule has 3 aromatic rings. The minimum atomic E-state index is -0.444. The molecule has 3 rings (SSSR count). The van der Waals surface area contributed by atoms with E-state index in [-0.39, 0.29) is 10.6 Å². The highest BCUT2D eigenvalue weighted by Crippen LogP contribution is 2.27. The number of nitrogens with two attached hydrogens (primary N) is 1. The highest BCUT2D eigenvalue weighted by Gasteiger charge is 2.12. The van der Waals surface area contributed by atoms with Crippen LogP contribution in [0.5, 0.6) is 0 Å². The maximum absolute atomic E-state index is 13.9. The second kappa shape index (κ2) is 5.46. The van der Waals surface area contributed by atoms with E-state index in [1.54, 1.807) is 18.3 Å². The van der Waals surface area contributed by atoms with Crippen molar-refractivity contribution < 1.29 is 4.39 Å². The Morgan fingerprint density at radius 1 is 1.05 bits per heavy atom. The fourth-order valence-corrected chi connectivity index (χ4v) is 2.44. The summed E-state index contributed by atoms with van der Waals surface area (Å²) in [4.78, 5) is 4.37. The van der Waals surface area contributed by atoms with Gasteiger partial charge in [0, 0.05) is 11.6 Å². The summed E-state index contributed by atoms with van der Waals surface area (Å²) in [6.45, 7) is 0. The van der Waals surface area contributed by atoms with Crippen molar-refractivity contribution in [2.24, 2.45) is 5.73 Å². The van der Waals surface area contributed by atoms with E-state index in [2.05, 4.69) is 10.3 Å². The zero-order chi connectivity index (χ0) is 14.8. The smallest absolute Gasteiger partial charge is 0.135 e. The number of aromatic nitrogens is 1. The van der Waals surface area contributed by atoms with Crippen LogP contribution in [-0.4, -0.2) is 9.97 Å². The van der Waals surface area contributed by atoms with Crippen molar-refractivity contribution in [3.05, 3.63) is 66.1 Å². The summed E-state index contributed by atoms with van der Waals surface area (Å²) in [6, 6.07) is 14.3. The molecule has 0 saturated heterocycles. The monoisotopic (exact) mass is 297 g/mol. The molecule has 104 valence electrons. The van der Waals surface area contributed by atoms with Gasteiger partial charge in [-0.25, -0.2) is 4.39 Å². The molecular weight excluding hydrogens is 285 g/mol. The van der Waals surface area contributed by atoms with Gasteiger partial charge in [0.05, 0.1) is 22.5 Å². The average Bonchev–Trinajstić information content (AvgIpc) is 2.47. The molecule has 0 aliphatic carbocycles. The molecule has 3 N–H and O–H groups in total. The Kier molecular flexibility index (Phi) is 3.50. The molecule has 1 aromatic heterocycles. The predicted octanol–water partition coefficient (Wildman–Crippen LogP) is 3.75. The number of hydrogen-bond donors (Lipinski definition) is 2. The van der Waals surface area contributed by atoms with Crippen molar-refractivity contribution in [1.82, 2.24) is 4.98 Å². The van der Waals surface area contributed by atoms with Gasteiger partial charge in [-0.15, -0.1) is 0 Å². The zero-order valence-electron chi connectivity index (χ0n) is 11.0. The van der Waals surface area contributed by atoms with E-state index in [1.165, 1.54) is 6.07 Å². The van der Waals surface area contributed by atoms with Crippen molar-refractivity contribution in [1.29, 1.82) is 0 Å². The minimum Gasteiger partial charge on any atom is -0.389 e. The molecule has 0 unspecified atom stereocenters. The van der Waals surface area contributed by atoms with E-state index in [9.17, 15) is 4.39 Å². The second-order valence-corrected chi connectivity index (χ2v) is 4.97. The fraction of sp³-hybridized carbons (Fsp3) is 0. The van der Waals surface area contributed by atoms with Gasteiger partial charge in [-0.2, -0.15) is 0 Å². The normalized spacial score (nSPS) is 10.5. The van der Waals surface area contributed by atoms with Crippen LogP contribution in [0.4, 0.5) is 15.8 Å². The number of nitrogens with one attached hydrogen (secondary N) is 1. The number of thiocarbonyl (C=S) groups is 1. The van der Waals surface area contributed by atoms with Gasteiger partial charge in [-0.1, -0.05) is 36.5 Å². The van der Waals surface area contributed by atoms with Crippen LogP contribution in [0.1, 0.15) is 5.56 Å². The molecule has 3 nitrogen and oxygen atoms in total. The van der Waals surface area contributed by atoms with E-state index >= 15 is 0 Å². The molecule has 0 radical (unpaired) electrons. The Morgan fingerprint density at radius 3 is 2.57 bits per heavy atom. The molecule has 21 heavy (non-hydrogen) atoms. The largest absolute Gasteiger partial charge is 0.389 e. The lowest BCUT2D eigenvalue weighted by Gasteiger charge is -2.13. The van der Waals surface area contributed by atoms with Crippen LogP contribution in [0.3, 0.4) is 0 Å². The summed E-state index contributed by atoms with van der Waals surface area (Å²) in [7, 11) is 0. The van der Waals surface area contributed by atoms with E-state index in [1.807, 2.05) is 30.3 Å². The molecule has 0 spiro atoms. The summed E-state index contributed by atoms with van der Waals surface area (Å²) in [5.74, 6) is -0.444. The molecule has 2 aromatic carbocycles. The zero-order valence-corrected chi connectivity index (χ0v) is 11.8. The molecule has 0 atom stereocenters. The molecule has 0 aliphatic rings. The lowest BCUT2D eigenvalue weighted by molar-refractivity contribution is 0.626. The van der Waals surface area contributed by atoms with Gasteiger partial charge in [0.25, 0.3) is 0 Å². The van der Waals surface area contributed by atoms with E-state index in [0.29, 0.717) is 5.69 Å². The van der Waals surface area contributed by atoms with Crippen LogP contribution in [0, 0.1) is 5.82 Å². The number of halogens is 1. The Morgan fingerprint density at radius 2 is 1.76 bits per heavy atom. The molecule has 0 fully saturated rings. The third kappa shape index (κ3) is 2.55. The van der Waals surface area contributed by atoms with E-state index in [0.717, 1.165) is 16.6 Å². The Hall–Kier alpha value is -2.53. The van der Waals surface area contributed by atoms with Crippen LogP contribution in [0.25, 0.3) is 10.9 Å². The van der Waals surface area contributed by atoms with Crippen molar-refractivity contribution in [2.75, 3.05) is 5.32 Å². The fourth-order valence-electron chi connectivity index (χ4n) is 2.23. The quantitative estimate of drug-likeness (QED) is 0.723. The number of benzene rings is 2. The van der Waals surface area contributed by atoms with Crippen LogP contribution in [-0.2, 0) is 0 Å². The van der Waals surface area contributed by atoms with Crippen LogP contribution in [0.2, 0.25) is 0 Å². The SMILES string of the molecule is NC(=S)c1c(F)cccc1Nc1cccc2cccnc12. The lowest BCUT2D eigenvalue weighted by Crippen LogP contribution is -2.14. The van der Waals surface area contributed by atoms with Gasteiger partial charge in [0.1, 0.15) is 10.8 Å². The van der Waals surface area contributed by atoms with Crippen molar-refractivity contribution in [3.8, 4) is 0 Å².